The maximum Gasteiger partial charge on any atom is 0.161 e. The molecule has 1 unspecified atom stereocenters. The highest BCUT2D eigenvalue weighted by atomic mass is 16.6. The van der Waals surface area contributed by atoms with Gasteiger partial charge in [-0.1, -0.05) is 19.9 Å². The van der Waals surface area contributed by atoms with Crippen LogP contribution >= 0.6 is 0 Å². The third-order valence-electron chi connectivity index (χ3n) is 3.64. The Kier molecular flexibility index (Phi) is 5.68. The molecule has 1 aliphatic rings. The van der Waals surface area contributed by atoms with Gasteiger partial charge >= 0.3 is 0 Å². The highest BCUT2D eigenvalue weighted by Crippen LogP contribution is 2.33. The molecule has 0 radical (unpaired) electrons. The van der Waals surface area contributed by atoms with Gasteiger partial charge in [0.1, 0.15) is 13.2 Å². The standard InChI is InChI=1S/C16H26N2O2/c1-3-7-18(8-4-2)14(12-17)13-5-6-15-16(11-13)20-10-9-19-15/h5-6,11,14H,3-4,7-10,12,17H2,1-2H3. The van der Waals surface area contributed by atoms with Crippen molar-refractivity contribution in [2.75, 3.05) is 32.8 Å². The monoisotopic (exact) mass is 278 g/mol. The average Bonchev–Trinajstić information content (AvgIpc) is 2.48. The Morgan fingerprint density at radius 3 is 2.35 bits per heavy atom. The van der Waals surface area contributed by atoms with Crippen molar-refractivity contribution in [2.45, 2.75) is 32.7 Å². The summed E-state index contributed by atoms with van der Waals surface area (Å²) in [6.07, 6.45) is 2.28. The van der Waals surface area contributed by atoms with Gasteiger partial charge in [0.05, 0.1) is 0 Å². The molecule has 0 fully saturated rings. The molecule has 1 heterocycles. The molecule has 1 atom stereocenters. The predicted molar refractivity (Wildman–Crippen MR) is 81.4 cm³/mol. The summed E-state index contributed by atoms with van der Waals surface area (Å²) in [6.45, 7) is 8.44. The van der Waals surface area contributed by atoms with E-state index >= 15 is 0 Å². The molecular formula is C16H26N2O2. The van der Waals surface area contributed by atoms with Crippen LogP contribution in [0.15, 0.2) is 18.2 Å². The number of hydrogen-bond acceptors (Lipinski definition) is 4. The largest absolute Gasteiger partial charge is 0.486 e. The molecule has 1 aromatic carbocycles. The van der Waals surface area contributed by atoms with E-state index in [2.05, 4.69) is 30.9 Å². The second kappa shape index (κ2) is 7.50. The van der Waals surface area contributed by atoms with Crippen molar-refractivity contribution in [3.8, 4) is 11.5 Å². The topological polar surface area (TPSA) is 47.7 Å². The molecule has 4 nitrogen and oxygen atoms in total. The zero-order chi connectivity index (χ0) is 14.4. The van der Waals surface area contributed by atoms with E-state index in [4.69, 9.17) is 15.2 Å². The maximum atomic E-state index is 6.03. The highest BCUT2D eigenvalue weighted by Gasteiger charge is 2.20. The summed E-state index contributed by atoms with van der Waals surface area (Å²) in [5.74, 6) is 1.69. The van der Waals surface area contributed by atoms with E-state index in [9.17, 15) is 0 Å². The lowest BCUT2D eigenvalue weighted by Crippen LogP contribution is -2.35. The zero-order valence-corrected chi connectivity index (χ0v) is 12.6. The van der Waals surface area contributed by atoms with Crippen molar-refractivity contribution in [1.29, 1.82) is 0 Å². The van der Waals surface area contributed by atoms with Crippen LogP contribution in [0, 0.1) is 0 Å². The maximum absolute atomic E-state index is 6.03. The predicted octanol–water partition coefficient (Wildman–Crippen LogP) is 2.58. The number of hydrogen-bond donors (Lipinski definition) is 1. The number of benzene rings is 1. The quantitative estimate of drug-likeness (QED) is 0.833. The third kappa shape index (κ3) is 3.44. The van der Waals surface area contributed by atoms with Gasteiger partial charge in [-0.2, -0.15) is 0 Å². The Balaban J connectivity index is 2.21. The first-order valence-corrected chi connectivity index (χ1v) is 7.63. The fraction of sp³-hybridized carbons (Fsp3) is 0.625. The average molecular weight is 278 g/mol. The van der Waals surface area contributed by atoms with Crippen LogP contribution in [-0.4, -0.2) is 37.7 Å². The van der Waals surface area contributed by atoms with E-state index in [0.29, 0.717) is 19.8 Å². The van der Waals surface area contributed by atoms with Gasteiger partial charge < -0.3 is 15.2 Å². The van der Waals surface area contributed by atoms with E-state index in [1.165, 1.54) is 5.56 Å². The SMILES string of the molecule is CCCN(CCC)C(CN)c1ccc2c(c1)OCCO2. The summed E-state index contributed by atoms with van der Waals surface area (Å²) in [5.41, 5.74) is 7.25. The number of ether oxygens (including phenoxy) is 2. The van der Waals surface area contributed by atoms with Crippen molar-refractivity contribution in [3.05, 3.63) is 23.8 Å². The van der Waals surface area contributed by atoms with E-state index in [1.807, 2.05) is 6.07 Å². The van der Waals surface area contributed by atoms with E-state index in [0.717, 1.165) is 37.4 Å². The van der Waals surface area contributed by atoms with Crippen LogP contribution in [0.2, 0.25) is 0 Å². The van der Waals surface area contributed by atoms with E-state index in [1.54, 1.807) is 0 Å². The molecular weight excluding hydrogens is 252 g/mol. The van der Waals surface area contributed by atoms with Gasteiger partial charge in [-0.25, -0.2) is 0 Å². The molecule has 20 heavy (non-hydrogen) atoms. The lowest BCUT2D eigenvalue weighted by atomic mass is 10.0. The summed E-state index contributed by atoms with van der Waals surface area (Å²) < 4.78 is 11.3. The van der Waals surface area contributed by atoms with Crippen LogP contribution in [0.4, 0.5) is 0 Å². The summed E-state index contributed by atoms with van der Waals surface area (Å²) >= 11 is 0. The molecule has 4 heteroatoms. The van der Waals surface area contributed by atoms with Gasteiger partial charge in [-0.15, -0.1) is 0 Å². The summed E-state index contributed by atoms with van der Waals surface area (Å²) in [7, 11) is 0. The first-order valence-electron chi connectivity index (χ1n) is 7.63. The smallest absolute Gasteiger partial charge is 0.161 e. The molecule has 0 amide bonds. The lowest BCUT2D eigenvalue weighted by molar-refractivity contribution is 0.169. The first kappa shape index (κ1) is 15.1. The number of fused-ring (bicyclic) bond motifs is 1. The fourth-order valence-electron chi connectivity index (χ4n) is 2.76. The summed E-state index contributed by atoms with van der Waals surface area (Å²) in [6, 6.07) is 6.46. The minimum absolute atomic E-state index is 0.255. The van der Waals surface area contributed by atoms with Crippen LogP contribution < -0.4 is 15.2 Å². The van der Waals surface area contributed by atoms with Gasteiger partial charge in [0, 0.05) is 12.6 Å². The summed E-state index contributed by atoms with van der Waals surface area (Å²) in [4.78, 5) is 2.46. The van der Waals surface area contributed by atoms with Gasteiger partial charge in [-0.05, 0) is 43.6 Å². The van der Waals surface area contributed by atoms with Gasteiger partial charge in [0.15, 0.2) is 11.5 Å². The highest BCUT2D eigenvalue weighted by molar-refractivity contribution is 5.44. The van der Waals surface area contributed by atoms with Crippen LogP contribution in [0.5, 0.6) is 11.5 Å². The minimum Gasteiger partial charge on any atom is -0.486 e. The molecule has 0 spiro atoms. The summed E-state index contributed by atoms with van der Waals surface area (Å²) in [5, 5.41) is 0. The van der Waals surface area contributed by atoms with E-state index in [-0.39, 0.29) is 6.04 Å². The minimum atomic E-state index is 0.255. The molecule has 0 saturated carbocycles. The number of rotatable bonds is 7. The van der Waals surface area contributed by atoms with Crippen molar-refractivity contribution in [3.63, 3.8) is 0 Å². The Labute approximate surface area is 121 Å². The van der Waals surface area contributed by atoms with E-state index < -0.39 is 0 Å². The molecule has 0 aliphatic carbocycles. The van der Waals surface area contributed by atoms with Crippen molar-refractivity contribution in [1.82, 2.24) is 4.90 Å². The van der Waals surface area contributed by atoms with Crippen LogP contribution in [-0.2, 0) is 0 Å². The molecule has 2 N–H and O–H groups in total. The second-order valence-electron chi connectivity index (χ2n) is 5.19. The molecule has 112 valence electrons. The van der Waals surface area contributed by atoms with Crippen LogP contribution in [0.25, 0.3) is 0 Å². The molecule has 0 bridgehead atoms. The molecule has 0 aromatic heterocycles. The molecule has 1 aromatic rings. The van der Waals surface area contributed by atoms with Crippen LogP contribution in [0.1, 0.15) is 38.3 Å². The van der Waals surface area contributed by atoms with Gasteiger partial charge in [0.25, 0.3) is 0 Å². The Morgan fingerprint density at radius 2 is 1.75 bits per heavy atom. The van der Waals surface area contributed by atoms with Crippen LogP contribution in [0.3, 0.4) is 0 Å². The van der Waals surface area contributed by atoms with Crippen molar-refractivity contribution in [2.24, 2.45) is 5.73 Å². The van der Waals surface area contributed by atoms with Gasteiger partial charge in [-0.3, -0.25) is 4.90 Å². The Hall–Kier alpha value is -1.26. The number of nitrogens with two attached hydrogens (primary N) is 1. The normalized spacial score (nSPS) is 15.4. The first-order chi connectivity index (χ1) is 9.80. The van der Waals surface area contributed by atoms with Crippen molar-refractivity contribution >= 4 is 0 Å². The third-order valence-corrected chi connectivity index (χ3v) is 3.64. The zero-order valence-electron chi connectivity index (χ0n) is 12.6. The lowest BCUT2D eigenvalue weighted by Gasteiger charge is -2.31. The molecule has 1 aliphatic heterocycles. The number of nitrogens with zero attached hydrogens (tertiary/aromatic N) is 1. The molecule has 2 rings (SSSR count). The Bertz CT molecular complexity index is 417. The Morgan fingerprint density at radius 1 is 1.10 bits per heavy atom. The van der Waals surface area contributed by atoms with Crippen molar-refractivity contribution < 1.29 is 9.47 Å². The fourth-order valence-corrected chi connectivity index (χ4v) is 2.76. The molecule has 0 saturated heterocycles. The second-order valence-corrected chi connectivity index (χ2v) is 5.19. The van der Waals surface area contributed by atoms with Gasteiger partial charge in [0.2, 0.25) is 0 Å².